The number of ketones is 1. The zero-order valence-corrected chi connectivity index (χ0v) is 9.74. The van der Waals surface area contributed by atoms with Crippen LogP contribution in [0.1, 0.15) is 44.9 Å². The van der Waals surface area contributed by atoms with Crippen LogP contribution in [0.4, 0.5) is 0 Å². The highest BCUT2D eigenvalue weighted by Crippen LogP contribution is 2.19. The average Bonchev–Trinajstić information content (AvgIpc) is 2.25. The van der Waals surface area contributed by atoms with E-state index in [1.807, 2.05) is 7.05 Å². The lowest BCUT2D eigenvalue weighted by Crippen LogP contribution is -2.40. The smallest absolute Gasteiger partial charge is 0.149 e. The number of unbranched alkanes of at least 4 members (excludes halogenated alkanes) is 2. The summed E-state index contributed by atoms with van der Waals surface area (Å²) in [5.41, 5.74) is 0. The van der Waals surface area contributed by atoms with Crippen LogP contribution in [0.25, 0.3) is 0 Å². The number of aliphatic hydroxyl groups is 1. The molecule has 0 saturated heterocycles. The molecule has 0 amide bonds. The van der Waals surface area contributed by atoms with E-state index in [0.29, 0.717) is 5.78 Å². The van der Waals surface area contributed by atoms with Gasteiger partial charge in [-0.2, -0.15) is 0 Å². The molecule has 1 aliphatic rings. The molecule has 15 heavy (non-hydrogen) atoms. The van der Waals surface area contributed by atoms with E-state index in [0.717, 1.165) is 45.1 Å². The minimum Gasteiger partial charge on any atom is -0.396 e. The van der Waals surface area contributed by atoms with Crippen molar-refractivity contribution in [1.29, 1.82) is 0 Å². The maximum absolute atomic E-state index is 11.6. The van der Waals surface area contributed by atoms with Crippen molar-refractivity contribution in [2.24, 2.45) is 0 Å². The van der Waals surface area contributed by atoms with Gasteiger partial charge < -0.3 is 5.11 Å². The molecule has 1 unspecified atom stereocenters. The number of Topliss-reactive ketones (excluding diaryl/α,β-unsaturated/α-hetero) is 1. The first kappa shape index (κ1) is 12.7. The van der Waals surface area contributed by atoms with Crippen LogP contribution in [0.5, 0.6) is 0 Å². The Kier molecular flexibility index (Phi) is 5.88. The highest BCUT2D eigenvalue weighted by Gasteiger charge is 2.25. The van der Waals surface area contributed by atoms with Crippen LogP contribution < -0.4 is 0 Å². The Balaban J connectivity index is 2.19. The molecule has 3 nitrogen and oxygen atoms in total. The molecule has 1 fully saturated rings. The highest BCUT2D eigenvalue weighted by molar-refractivity contribution is 5.84. The fraction of sp³-hybridized carbons (Fsp3) is 0.917. The third kappa shape index (κ3) is 4.31. The highest BCUT2D eigenvalue weighted by atomic mass is 16.2. The summed E-state index contributed by atoms with van der Waals surface area (Å²) in [5.74, 6) is 0.422. The Labute approximate surface area is 92.5 Å². The van der Waals surface area contributed by atoms with E-state index in [1.54, 1.807) is 0 Å². The third-order valence-corrected chi connectivity index (χ3v) is 3.22. The number of carbonyl (C=O) groups is 1. The van der Waals surface area contributed by atoms with Crippen LogP contribution in [-0.4, -0.2) is 42.0 Å². The van der Waals surface area contributed by atoms with Crippen molar-refractivity contribution >= 4 is 5.78 Å². The Morgan fingerprint density at radius 1 is 1.33 bits per heavy atom. The predicted molar refractivity (Wildman–Crippen MR) is 60.8 cm³/mol. The summed E-state index contributed by atoms with van der Waals surface area (Å²) in [4.78, 5) is 13.8. The Morgan fingerprint density at radius 3 is 2.80 bits per heavy atom. The summed E-state index contributed by atoms with van der Waals surface area (Å²) in [7, 11) is 2.05. The summed E-state index contributed by atoms with van der Waals surface area (Å²) < 4.78 is 0. The summed E-state index contributed by atoms with van der Waals surface area (Å²) in [5, 5.41) is 8.65. The average molecular weight is 213 g/mol. The molecule has 1 aliphatic carbocycles. The van der Waals surface area contributed by atoms with E-state index in [9.17, 15) is 4.79 Å². The summed E-state index contributed by atoms with van der Waals surface area (Å²) in [6.07, 6.45) is 7.10. The zero-order valence-electron chi connectivity index (χ0n) is 9.74. The van der Waals surface area contributed by atoms with Gasteiger partial charge in [-0.25, -0.2) is 0 Å². The van der Waals surface area contributed by atoms with Crippen molar-refractivity contribution < 1.29 is 9.90 Å². The summed E-state index contributed by atoms with van der Waals surface area (Å²) >= 11 is 0. The Morgan fingerprint density at radius 2 is 2.13 bits per heavy atom. The summed E-state index contributed by atoms with van der Waals surface area (Å²) in [6.45, 7) is 1.27. The van der Waals surface area contributed by atoms with Crippen LogP contribution in [-0.2, 0) is 4.79 Å². The molecule has 0 heterocycles. The van der Waals surface area contributed by atoms with Gasteiger partial charge in [0.05, 0.1) is 6.04 Å². The van der Waals surface area contributed by atoms with Crippen molar-refractivity contribution in [2.75, 3.05) is 20.2 Å². The van der Waals surface area contributed by atoms with Crippen molar-refractivity contribution in [3.8, 4) is 0 Å². The van der Waals surface area contributed by atoms with E-state index in [1.165, 1.54) is 6.42 Å². The van der Waals surface area contributed by atoms with Gasteiger partial charge in [-0.3, -0.25) is 9.69 Å². The monoisotopic (exact) mass is 213 g/mol. The molecule has 88 valence electrons. The Bertz CT molecular complexity index is 194. The van der Waals surface area contributed by atoms with E-state index in [2.05, 4.69) is 4.90 Å². The molecule has 0 aliphatic heterocycles. The van der Waals surface area contributed by atoms with Crippen LogP contribution in [0.15, 0.2) is 0 Å². The quantitative estimate of drug-likeness (QED) is 0.681. The van der Waals surface area contributed by atoms with E-state index in [4.69, 9.17) is 5.11 Å². The molecule has 1 atom stereocenters. The molecule has 0 aromatic heterocycles. The normalized spacial score (nSPS) is 22.3. The molecule has 0 aromatic carbocycles. The molecule has 1 N–H and O–H groups in total. The van der Waals surface area contributed by atoms with E-state index in [-0.39, 0.29) is 12.6 Å². The third-order valence-electron chi connectivity index (χ3n) is 3.22. The zero-order chi connectivity index (χ0) is 11.1. The molecule has 3 heteroatoms. The lowest BCUT2D eigenvalue weighted by molar-refractivity contribution is -0.125. The van der Waals surface area contributed by atoms with E-state index < -0.39 is 0 Å². The minimum absolute atomic E-state index is 0.174. The number of hydrogen-bond acceptors (Lipinski definition) is 3. The second-order valence-corrected chi connectivity index (χ2v) is 4.49. The molecule has 1 rings (SSSR count). The molecule has 0 radical (unpaired) electrons. The first-order valence-corrected chi connectivity index (χ1v) is 6.09. The number of nitrogens with zero attached hydrogens (tertiary/aromatic N) is 1. The van der Waals surface area contributed by atoms with Crippen LogP contribution in [0.3, 0.4) is 0 Å². The summed E-state index contributed by atoms with van der Waals surface area (Å²) in [6, 6.07) is 0.174. The predicted octanol–water partition coefficient (Wildman–Crippen LogP) is 1.59. The number of rotatable bonds is 6. The molecule has 0 aromatic rings. The van der Waals surface area contributed by atoms with Gasteiger partial charge in [0.2, 0.25) is 0 Å². The second-order valence-electron chi connectivity index (χ2n) is 4.49. The minimum atomic E-state index is 0.174. The maximum Gasteiger partial charge on any atom is 0.149 e. The lowest BCUT2D eigenvalue weighted by Gasteiger charge is -2.29. The number of aliphatic hydroxyl groups excluding tert-OH is 1. The molecular formula is C12H23NO2. The Hall–Kier alpha value is -0.410. The molecule has 0 spiro atoms. The number of carbonyl (C=O) groups excluding carboxylic acids is 1. The van der Waals surface area contributed by atoms with Crippen molar-refractivity contribution in [1.82, 2.24) is 4.90 Å². The first-order chi connectivity index (χ1) is 7.25. The second kappa shape index (κ2) is 6.96. The van der Waals surface area contributed by atoms with Gasteiger partial charge >= 0.3 is 0 Å². The van der Waals surface area contributed by atoms with Crippen LogP contribution in [0.2, 0.25) is 0 Å². The standard InChI is InChI=1S/C12H23NO2/c1-13(9-5-2-6-10-14)11-7-3-4-8-12(11)15/h11,14H,2-10H2,1H3. The number of likely N-dealkylation sites (N-methyl/N-ethyl adjacent to an activating group) is 1. The van der Waals surface area contributed by atoms with Gasteiger partial charge in [0.15, 0.2) is 0 Å². The molecule has 0 bridgehead atoms. The fourth-order valence-corrected chi connectivity index (χ4v) is 2.24. The van der Waals surface area contributed by atoms with Gasteiger partial charge in [0.25, 0.3) is 0 Å². The van der Waals surface area contributed by atoms with Crippen molar-refractivity contribution in [3.63, 3.8) is 0 Å². The largest absolute Gasteiger partial charge is 0.396 e. The van der Waals surface area contributed by atoms with Crippen LogP contribution in [0, 0.1) is 0 Å². The van der Waals surface area contributed by atoms with Gasteiger partial charge in [-0.15, -0.1) is 0 Å². The SMILES string of the molecule is CN(CCCCCO)C1CCCCC1=O. The maximum atomic E-state index is 11.6. The first-order valence-electron chi connectivity index (χ1n) is 6.09. The topological polar surface area (TPSA) is 40.5 Å². The fourth-order valence-electron chi connectivity index (χ4n) is 2.24. The van der Waals surface area contributed by atoms with Gasteiger partial charge in [0, 0.05) is 13.0 Å². The molecular weight excluding hydrogens is 190 g/mol. The molecule has 1 saturated carbocycles. The van der Waals surface area contributed by atoms with E-state index >= 15 is 0 Å². The lowest BCUT2D eigenvalue weighted by atomic mass is 9.93. The number of hydrogen-bond donors (Lipinski definition) is 1. The van der Waals surface area contributed by atoms with Gasteiger partial charge in [-0.05, 0) is 45.7 Å². The van der Waals surface area contributed by atoms with Crippen molar-refractivity contribution in [2.45, 2.75) is 51.0 Å². The van der Waals surface area contributed by atoms with Gasteiger partial charge in [-0.1, -0.05) is 6.42 Å². The van der Waals surface area contributed by atoms with Crippen molar-refractivity contribution in [3.05, 3.63) is 0 Å². The van der Waals surface area contributed by atoms with Gasteiger partial charge in [0.1, 0.15) is 5.78 Å². The van der Waals surface area contributed by atoms with Crippen LogP contribution >= 0.6 is 0 Å².